The molecule has 0 saturated carbocycles. The summed E-state index contributed by atoms with van der Waals surface area (Å²) >= 11 is 12.0. The Labute approximate surface area is 135 Å². The van der Waals surface area contributed by atoms with Crippen LogP contribution in [-0.2, 0) is 11.3 Å². The minimum atomic E-state index is 0.0491. The average Bonchev–Trinajstić information content (AvgIpc) is 2.49. The molecule has 1 aromatic carbocycles. The second kappa shape index (κ2) is 7.99. The van der Waals surface area contributed by atoms with E-state index in [1.807, 2.05) is 18.2 Å². The molecule has 0 spiro atoms. The smallest absolute Gasteiger partial charge is 0.224 e. The van der Waals surface area contributed by atoms with Gasteiger partial charge in [0.15, 0.2) is 0 Å². The molecule has 1 aliphatic rings. The number of likely N-dealkylation sites (tertiary alicyclic amines) is 1. The van der Waals surface area contributed by atoms with Gasteiger partial charge in [-0.3, -0.25) is 9.69 Å². The predicted octanol–water partition coefficient (Wildman–Crippen LogP) is 2.28. The molecular weight excluding hydrogens is 309 g/mol. The van der Waals surface area contributed by atoms with E-state index in [2.05, 4.69) is 10.2 Å². The Morgan fingerprint density at radius 3 is 2.90 bits per heavy atom. The quantitative estimate of drug-likeness (QED) is 0.871. The Morgan fingerprint density at radius 2 is 2.19 bits per heavy atom. The van der Waals surface area contributed by atoms with Crippen LogP contribution in [0.4, 0.5) is 0 Å². The molecule has 3 N–H and O–H groups in total. The fourth-order valence-corrected chi connectivity index (χ4v) is 2.97. The number of piperidine rings is 1. The summed E-state index contributed by atoms with van der Waals surface area (Å²) in [5, 5.41) is 4.01. The molecule has 0 aromatic heterocycles. The van der Waals surface area contributed by atoms with E-state index in [-0.39, 0.29) is 11.8 Å². The predicted molar refractivity (Wildman–Crippen MR) is 86.5 cm³/mol. The first-order valence-electron chi connectivity index (χ1n) is 7.24. The molecule has 0 radical (unpaired) electrons. The Kier molecular flexibility index (Phi) is 6.30. The Balaban J connectivity index is 1.91. The van der Waals surface area contributed by atoms with E-state index in [0.29, 0.717) is 23.1 Å². The van der Waals surface area contributed by atoms with E-state index >= 15 is 0 Å². The van der Waals surface area contributed by atoms with Crippen molar-refractivity contribution in [1.29, 1.82) is 0 Å². The zero-order chi connectivity index (χ0) is 15.2. The van der Waals surface area contributed by atoms with Gasteiger partial charge in [0, 0.05) is 26.2 Å². The molecule has 0 bridgehead atoms. The van der Waals surface area contributed by atoms with Crippen LogP contribution in [0.25, 0.3) is 0 Å². The topological polar surface area (TPSA) is 58.4 Å². The number of nitrogens with one attached hydrogen (secondary N) is 1. The molecule has 1 unspecified atom stereocenters. The molecule has 0 aliphatic carbocycles. The lowest BCUT2D eigenvalue weighted by Crippen LogP contribution is -2.43. The molecule has 4 nitrogen and oxygen atoms in total. The van der Waals surface area contributed by atoms with Gasteiger partial charge in [0.1, 0.15) is 0 Å². The summed E-state index contributed by atoms with van der Waals surface area (Å²) in [5.41, 5.74) is 6.53. The Morgan fingerprint density at radius 1 is 1.38 bits per heavy atom. The number of hydrogen-bond donors (Lipinski definition) is 2. The van der Waals surface area contributed by atoms with Crippen molar-refractivity contribution >= 4 is 29.1 Å². The van der Waals surface area contributed by atoms with Gasteiger partial charge in [-0.2, -0.15) is 0 Å². The first-order valence-corrected chi connectivity index (χ1v) is 8.00. The summed E-state index contributed by atoms with van der Waals surface area (Å²) in [4.78, 5) is 14.3. The van der Waals surface area contributed by atoms with Crippen LogP contribution < -0.4 is 11.1 Å². The van der Waals surface area contributed by atoms with Crippen LogP contribution in [0, 0.1) is 5.92 Å². The lowest BCUT2D eigenvalue weighted by Gasteiger charge is -2.32. The summed E-state index contributed by atoms with van der Waals surface area (Å²) in [6, 6.07) is 5.68. The molecule has 1 aliphatic heterocycles. The number of benzene rings is 1. The minimum Gasteiger partial charge on any atom is -0.355 e. The van der Waals surface area contributed by atoms with E-state index in [1.165, 1.54) is 0 Å². The van der Waals surface area contributed by atoms with Gasteiger partial charge in [0.2, 0.25) is 5.91 Å². The molecule has 1 atom stereocenters. The van der Waals surface area contributed by atoms with Crippen LogP contribution in [0.3, 0.4) is 0 Å². The van der Waals surface area contributed by atoms with Crippen LogP contribution in [-0.4, -0.2) is 37.0 Å². The number of amides is 1. The maximum atomic E-state index is 12.0. The van der Waals surface area contributed by atoms with Crippen molar-refractivity contribution in [2.75, 3.05) is 26.2 Å². The number of carbonyl (C=O) groups is 1. The van der Waals surface area contributed by atoms with Crippen molar-refractivity contribution in [2.24, 2.45) is 11.7 Å². The van der Waals surface area contributed by atoms with E-state index in [0.717, 1.165) is 38.0 Å². The highest BCUT2D eigenvalue weighted by molar-refractivity contribution is 6.42. The molecule has 21 heavy (non-hydrogen) atoms. The summed E-state index contributed by atoms with van der Waals surface area (Å²) in [6.45, 7) is 3.59. The number of carbonyl (C=O) groups excluding carboxylic acids is 1. The van der Waals surface area contributed by atoms with Gasteiger partial charge >= 0.3 is 0 Å². The maximum Gasteiger partial charge on any atom is 0.224 e. The molecule has 6 heteroatoms. The van der Waals surface area contributed by atoms with Gasteiger partial charge in [0.05, 0.1) is 16.0 Å². The van der Waals surface area contributed by atoms with Gasteiger partial charge < -0.3 is 11.1 Å². The molecule has 116 valence electrons. The number of halogens is 2. The molecule has 1 heterocycles. The van der Waals surface area contributed by atoms with Crippen LogP contribution in [0.5, 0.6) is 0 Å². The summed E-state index contributed by atoms with van der Waals surface area (Å²) in [6.07, 6.45) is 1.97. The highest BCUT2D eigenvalue weighted by Crippen LogP contribution is 2.24. The molecule has 2 rings (SSSR count). The summed E-state index contributed by atoms with van der Waals surface area (Å²) < 4.78 is 0. The van der Waals surface area contributed by atoms with Gasteiger partial charge in [0.25, 0.3) is 0 Å². The highest BCUT2D eigenvalue weighted by atomic mass is 35.5. The monoisotopic (exact) mass is 329 g/mol. The van der Waals surface area contributed by atoms with Gasteiger partial charge in [-0.05, 0) is 37.1 Å². The molecule has 1 amide bonds. The Bertz CT molecular complexity index is 496. The standard InChI is InChI=1S/C15H21Cl2N3O/c16-13-4-3-11(8-14(13)17)9-20-7-1-2-12(10-20)15(21)19-6-5-18/h3-4,8,12H,1-2,5-7,9-10,18H2,(H,19,21). The van der Waals surface area contributed by atoms with Crippen LogP contribution in [0.15, 0.2) is 18.2 Å². The number of hydrogen-bond acceptors (Lipinski definition) is 3. The molecular formula is C15H21Cl2N3O. The zero-order valence-electron chi connectivity index (χ0n) is 11.9. The molecule has 1 aromatic rings. The third-order valence-electron chi connectivity index (χ3n) is 3.71. The number of nitrogens with zero attached hydrogens (tertiary/aromatic N) is 1. The third-order valence-corrected chi connectivity index (χ3v) is 4.45. The maximum absolute atomic E-state index is 12.0. The van der Waals surface area contributed by atoms with Crippen molar-refractivity contribution in [2.45, 2.75) is 19.4 Å². The fraction of sp³-hybridized carbons (Fsp3) is 0.533. The summed E-state index contributed by atoms with van der Waals surface area (Å²) in [5.74, 6) is 0.160. The van der Waals surface area contributed by atoms with Crippen molar-refractivity contribution in [3.63, 3.8) is 0 Å². The van der Waals surface area contributed by atoms with Crippen molar-refractivity contribution < 1.29 is 4.79 Å². The van der Waals surface area contributed by atoms with Crippen LogP contribution >= 0.6 is 23.2 Å². The minimum absolute atomic E-state index is 0.0491. The van der Waals surface area contributed by atoms with Gasteiger partial charge in [-0.1, -0.05) is 29.3 Å². The van der Waals surface area contributed by atoms with Gasteiger partial charge in [-0.15, -0.1) is 0 Å². The fourth-order valence-electron chi connectivity index (χ4n) is 2.65. The van der Waals surface area contributed by atoms with Gasteiger partial charge in [-0.25, -0.2) is 0 Å². The lowest BCUT2D eigenvalue weighted by atomic mass is 9.96. The van der Waals surface area contributed by atoms with E-state index in [4.69, 9.17) is 28.9 Å². The SMILES string of the molecule is NCCNC(=O)C1CCCN(Cc2ccc(Cl)c(Cl)c2)C1. The van der Waals surface area contributed by atoms with Crippen molar-refractivity contribution in [3.05, 3.63) is 33.8 Å². The first kappa shape index (κ1) is 16.6. The summed E-state index contributed by atoms with van der Waals surface area (Å²) in [7, 11) is 0. The van der Waals surface area contributed by atoms with Crippen molar-refractivity contribution in [3.8, 4) is 0 Å². The Hall–Kier alpha value is -0.810. The lowest BCUT2D eigenvalue weighted by molar-refractivity contribution is -0.126. The van der Waals surface area contributed by atoms with Crippen LogP contribution in [0.1, 0.15) is 18.4 Å². The average molecular weight is 330 g/mol. The van der Waals surface area contributed by atoms with Crippen LogP contribution in [0.2, 0.25) is 10.0 Å². The zero-order valence-corrected chi connectivity index (χ0v) is 13.5. The third kappa shape index (κ3) is 4.85. The number of rotatable bonds is 5. The highest BCUT2D eigenvalue weighted by Gasteiger charge is 2.25. The molecule has 1 saturated heterocycles. The normalized spacial score (nSPS) is 19.5. The largest absolute Gasteiger partial charge is 0.355 e. The molecule has 1 fully saturated rings. The van der Waals surface area contributed by atoms with E-state index in [9.17, 15) is 4.79 Å². The van der Waals surface area contributed by atoms with E-state index in [1.54, 1.807) is 0 Å². The second-order valence-corrected chi connectivity index (χ2v) is 6.22. The second-order valence-electron chi connectivity index (χ2n) is 5.40. The first-order chi connectivity index (χ1) is 10.1. The number of nitrogens with two attached hydrogens (primary N) is 1. The van der Waals surface area contributed by atoms with Crippen molar-refractivity contribution in [1.82, 2.24) is 10.2 Å². The van der Waals surface area contributed by atoms with E-state index < -0.39 is 0 Å².